The Morgan fingerprint density at radius 3 is 3.06 bits per heavy atom. The molecule has 2 atom stereocenters. The lowest BCUT2D eigenvalue weighted by atomic mass is 10.0. The molecule has 1 aromatic heterocycles. The Labute approximate surface area is 99.6 Å². The summed E-state index contributed by atoms with van der Waals surface area (Å²) < 4.78 is 0. The molecule has 1 saturated heterocycles. The number of carbonyl (C=O) groups excluding carboxylic acids is 1. The molecule has 17 heavy (non-hydrogen) atoms. The molecule has 0 aliphatic carbocycles. The molecular weight excluding hydrogens is 218 g/mol. The SMILES string of the molecule is CC1CCN(C(=O)c2cc[nH]c(=O)c2)C1CN. The van der Waals surface area contributed by atoms with Gasteiger partial charge in [-0.15, -0.1) is 0 Å². The quantitative estimate of drug-likeness (QED) is 0.767. The van der Waals surface area contributed by atoms with Gasteiger partial charge < -0.3 is 15.6 Å². The molecule has 0 saturated carbocycles. The van der Waals surface area contributed by atoms with Crippen molar-refractivity contribution in [2.45, 2.75) is 19.4 Å². The van der Waals surface area contributed by atoms with Crippen LogP contribution in [0.5, 0.6) is 0 Å². The van der Waals surface area contributed by atoms with Gasteiger partial charge in [0.15, 0.2) is 0 Å². The Bertz CT molecular complexity index is 469. The zero-order valence-electron chi connectivity index (χ0n) is 9.85. The van der Waals surface area contributed by atoms with Crippen LogP contribution in [0.1, 0.15) is 23.7 Å². The largest absolute Gasteiger partial charge is 0.334 e. The van der Waals surface area contributed by atoms with Crippen LogP contribution < -0.4 is 11.3 Å². The van der Waals surface area contributed by atoms with Crippen molar-refractivity contribution in [1.82, 2.24) is 9.88 Å². The molecule has 0 aromatic carbocycles. The normalized spacial score (nSPS) is 24.0. The van der Waals surface area contributed by atoms with E-state index < -0.39 is 0 Å². The van der Waals surface area contributed by atoms with Crippen LogP contribution in [0.4, 0.5) is 0 Å². The number of hydrogen-bond donors (Lipinski definition) is 2. The molecule has 0 radical (unpaired) electrons. The summed E-state index contributed by atoms with van der Waals surface area (Å²) in [5.74, 6) is 0.321. The first-order valence-electron chi connectivity index (χ1n) is 5.83. The van der Waals surface area contributed by atoms with Gasteiger partial charge in [0.05, 0.1) is 0 Å². The van der Waals surface area contributed by atoms with Crippen molar-refractivity contribution < 1.29 is 4.79 Å². The van der Waals surface area contributed by atoms with E-state index in [0.29, 0.717) is 24.6 Å². The third-order valence-corrected chi connectivity index (χ3v) is 3.41. The molecule has 1 aliphatic rings. The Kier molecular flexibility index (Phi) is 3.28. The Balaban J connectivity index is 2.23. The molecule has 3 N–H and O–H groups in total. The van der Waals surface area contributed by atoms with Crippen LogP contribution >= 0.6 is 0 Å². The first kappa shape index (κ1) is 11.9. The molecular formula is C12H17N3O2. The van der Waals surface area contributed by atoms with Crippen molar-refractivity contribution in [1.29, 1.82) is 0 Å². The molecule has 1 aromatic rings. The van der Waals surface area contributed by atoms with Crippen molar-refractivity contribution in [3.05, 3.63) is 34.2 Å². The summed E-state index contributed by atoms with van der Waals surface area (Å²) in [7, 11) is 0. The third kappa shape index (κ3) is 2.24. The van der Waals surface area contributed by atoms with Gasteiger partial charge in [-0.25, -0.2) is 0 Å². The molecule has 92 valence electrons. The van der Waals surface area contributed by atoms with Gasteiger partial charge in [0, 0.05) is 37.0 Å². The lowest BCUT2D eigenvalue weighted by Crippen LogP contribution is -2.42. The average Bonchev–Trinajstić information content (AvgIpc) is 2.69. The van der Waals surface area contributed by atoms with Crippen molar-refractivity contribution in [3.63, 3.8) is 0 Å². The van der Waals surface area contributed by atoms with Crippen LogP contribution in [0.3, 0.4) is 0 Å². The van der Waals surface area contributed by atoms with Crippen LogP contribution in [0.25, 0.3) is 0 Å². The van der Waals surface area contributed by atoms with E-state index in [1.807, 2.05) is 0 Å². The fraction of sp³-hybridized carbons (Fsp3) is 0.500. The number of carbonyl (C=O) groups is 1. The standard InChI is InChI=1S/C12H17N3O2/c1-8-3-5-15(10(8)7-13)12(17)9-2-4-14-11(16)6-9/h2,4,6,8,10H,3,5,7,13H2,1H3,(H,14,16). The lowest BCUT2D eigenvalue weighted by molar-refractivity contribution is 0.0727. The highest BCUT2D eigenvalue weighted by Gasteiger charge is 2.33. The second-order valence-corrected chi connectivity index (χ2v) is 4.51. The van der Waals surface area contributed by atoms with E-state index in [9.17, 15) is 9.59 Å². The maximum Gasteiger partial charge on any atom is 0.254 e. The van der Waals surface area contributed by atoms with Gasteiger partial charge in [0.25, 0.3) is 5.91 Å². The van der Waals surface area contributed by atoms with Gasteiger partial charge >= 0.3 is 0 Å². The number of aromatic nitrogens is 1. The highest BCUT2D eigenvalue weighted by atomic mass is 16.2. The molecule has 5 nitrogen and oxygen atoms in total. The number of nitrogens with two attached hydrogens (primary N) is 1. The number of nitrogens with zero attached hydrogens (tertiary/aromatic N) is 1. The van der Waals surface area contributed by atoms with Crippen LogP contribution in [-0.4, -0.2) is 34.9 Å². The van der Waals surface area contributed by atoms with Gasteiger partial charge in [-0.2, -0.15) is 0 Å². The van der Waals surface area contributed by atoms with Gasteiger partial charge in [-0.1, -0.05) is 6.92 Å². The zero-order valence-corrected chi connectivity index (χ0v) is 9.85. The van der Waals surface area contributed by atoms with Crippen molar-refractivity contribution >= 4 is 5.91 Å². The van der Waals surface area contributed by atoms with Gasteiger partial charge in [-0.3, -0.25) is 9.59 Å². The number of H-pyrrole nitrogens is 1. The molecule has 2 rings (SSSR count). The van der Waals surface area contributed by atoms with E-state index in [1.54, 1.807) is 11.0 Å². The number of pyridine rings is 1. The van der Waals surface area contributed by atoms with Gasteiger partial charge in [-0.05, 0) is 18.4 Å². The molecule has 0 bridgehead atoms. The Morgan fingerprint density at radius 2 is 2.41 bits per heavy atom. The highest BCUT2D eigenvalue weighted by Crippen LogP contribution is 2.24. The van der Waals surface area contributed by atoms with E-state index in [1.165, 1.54) is 12.3 Å². The first-order valence-corrected chi connectivity index (χ1v) is 5.83. The maximum atomic E-state index is 12.2. The van der Waals surface area contributed by atoms with Crippen molar-refractivity contribution in [2.75, 3.05) is 13.1 Å². The van der Waals surface area contributed by atoms with Crippen LogP contribution in [0.2, 0.25) is 0 Å². The Morgan fingerprint density at radius 1 is 1.65 bits per heavy atom. The number of aromatic amines is 1. The molecule has 1 aliphatic heterocycles. The van der Waals surface area contributed by atoms with Crippen LogP contribution in [-0.2, 0) is 0 Å². The maximum absolute atomic E-state index is 12.2. The zero-order chi connectivity index (χ0) is 12.4. The van der Waals surface area contributed by atoms with Crippen LogP contribution in [0.15, 0.2) is 23.1 Å². The third-order valence-electron chi connectivity index (χ3n) is 3.41. The second kappa shape index (κ2) is 4.71. The monoisotopic (exact) mass is 235 g/mol. The van der Waals surface area contributed by atoms with Gasteiger partial charge in [0.2, 0.25) is 5.56 Å². The molecule has 1 fully saturated rings. The number of likely N-dealkylation sites (tertiary alicyclic amines) is 1. The minimum absolute atomic E-state index is 0.0850. The summed E-state index contributed by atoms with van der Waals surface area (Å²) in [5, 5.41) is 0. The van der Waals surface area contributed by atoms with E-state index in [2.05, 4.69) is 11.9 Å². The average molecular weight is 235 g/mol. The second-order valence-electron chi connectivity index (χ2n) is 4.51. The summed E-state index contributed by atoms with van der Waals surface area (Å²) >= 11 is 0. The van der Waals surface area contributed by atoms with Crippen LogP contribution in [0, 0.1) is 5.92 Å². The van der Waals surface area contributed by atoms with Crippen molar-refractivity contribution in [3.8, 4) is 0 Å². The van der Waals surface area contributed by atoms with E-state index in [4.69, 9.17) is 5.73 Å². The summed E-state index contributed by atoms with van der Waals surface area (Å²) in [6.07, 6.45) is 2.46. The minimum atomic E-state index is -0.257. The fourth-order valence-corrected chi connectivity index (χ4v) is 2.36. The lowest BCUT2D eigenvalue weighted by Gasteiger charge is -2.25. The molecule has 0 spiro atoms. The molecule has 1 amide bonds. The molecule has 2 unspecified atom stereocenters. The smallest absolute Gasteiger partial charge is 0.254 e. The first-order chi connectivity index (χ1) is 8.13. The number of nitrogens with one attached hydrogen (secondary N) is 1. The van der Waals surface area contributed by atoms with E-state index >= 15 is 0 Å². The molecule has 2 heterocycles. The van der Waals surface area contributed by atoms with Crippen molar-refractivity contribution in [2.24, 2.45) is 11.7 Å². The fourth-order valence-electron chi connectivity index (χ4n) is 2.36. The highest BCUT2D eigenvalue weighted by molar-refractivity contribution is 5.94. The van der Waals surface area contributed by atoms with E-state index in [-0.39, 0.29) is 17.5 Å². The topological polar surface area (TPSA) is 79.2 Å². The number of hydrogen-bond acceptors (Lipinski definition) is 3. The summed E-state index contributed by atoms with van der Waals surface area (Å²) in [6, 6.07) is 3.04. The molecule has 5 heteroatoms. The predicted octanol–water partition coefficient (Wildman–Crippen LogP) is 0.184. The minimum Gasteiger partial charge on any atom is -0.334 e. The number of rotatable bonds is 2. The Hall–Kier alpha value is -1.62. The summed E-state index contributed by atoms with van der Waals surface area (Å²) in [6.45, 7) is 3.29. The van der Waals surface area contributed by atoms with Gasteiger partial charge in [0.1, 0.15) is 0 Å². The van der Waals surface area contributed by atoms with E-state index in [0.717, 1.165) is 6.42 Å². The summed E-state index contributed by atoms with van der Waals surface area (Å²) in [5.41, 5.74) is 5.87. The predicted molar refractivity (Wildman–Crippen MR) is 64.7 cm³/mol. The number of amides is 1. The summed E-state index contributed by atoms with van der Waals surface area (Å²) in [4.78, 5) is 27.7.